The molecule has 1 aliphatic carbocycles. The first-order chi connectivity index (χ1) is 11.2. The molecule has 0 saturated heterocycles. The number of allylic oxidation sites excluding steroid dienone is 2. The molecule has 0 bridgehead atoms. The molecule has 1 aliphatic rings. The molecule has 0 spiro atoms. The molecule has 2 aromatic heterocycles. The van der Waals surface area contributed by atoms with E-state index in [0.717, 1.165) is 4.68 Å². The molecule has 3 rings (SSSR count). The minimum Gasteiger partial charge on any atom is -0.383 e. The van der Waals surface area contributed by atoms with E-state index in [1.54, 1.807) is 13.2 Å². The van der Waals surface area contributed by atoms with E-state index in [-0.39, 0.29) is 34.5 Å². The number of ketones is 1. The van der Waals surface area contributed by atoms with Crippen LogP contribution in [0.25, 0.3) is 11.4 Å². The van der Waals surface area contributed by atoms with Gasteiger partial charge in [0.05, 0.1) is 5.56 Å². The lowest BCUT2D eigenvalue weighted by Crippen LogP contribution is -2.14. The zero-order chi connectivity index (χ0) is 17.6. The number of carbonyl (C=O) groups excluding carboxylic acids is 1. The molecule has 2 N–H and O–H groups in total. The van der Waals surface area contributed by atoms with Crippen LogP contribution in [-0.4, -0.2) is 25.3 Å². The van der Waals surface area contributed by atoms with Crippen LogP contribution in [0.2, 0.25) is 0 Å². The number of rotatable bonds is 2. The summed E-state index contributed by atoms with van der Waals surface area (Å²) in [5.41, 5.74) is 4.91. The summed E-state index contributed by atoms with van der Waals surface area (Å²) in [6.07, 6.45) is -1.21. The van der Waals surface area contributed by atoms with Crippen LogP contribution in [0, 0.1) is 5.92 Å². The summed E-state index contributed by atoms with van der Waals surface area (Å²) in [4.78, 5) is 11.8. The van der Waals surface area contributed by atoms with Gasteiger partial charge in [-0.05, 0) is 24.0 Å². The maximum Gasteiger partial charge on any atom is 0.435 e. The molecule has 1 unspecified atom stereocenters. The average Bonchev–Trinajstić information content (AvgIpc) is 3.00. The second kappa shape index (κ2) is 5.50. The van der Waals surface area contributed by atoms with Crippen molar-refractivity contribution in [1.29, 1.82) is 0 Å². The Hall–Kier alpha value is -2.58. The quantitative estimate of drug-likeness (QED) is 0.912. The molecular weight excluding hydrogens is 323 g/mol. The van der Waals surface area contributed by atoms with E-state index in [1.165, 1.54) is 16.8 Å². The van der Waals surface area contributed by atoms with Gasteiger partial charge in [-0.15, -0.1) is 0 Å². The fraction of sp³-hybridized carbons (Fsp3) is 0.400. The molecule has 0 amide bonds. The highest BCUT2D eigenvalue weighted by atomic mass is 19.4. The van der Waals surface area contributed by atoms with Gasteiger partial charge in [0.1, 0.15) is 5.82 Å². The third-order valence-electron chi connectivity index (χ3n) is 3.88. The van der Waals surface area contributed by atoms with Gasteiger partial charge in [-0.3, -0.25) is 9.48 Å². The molecule has 128 valence electrons. The number of hydrogen-bond acceptors (Lipinski definition) is 4. The molecule has 2 aromatic rings. The fourth-order valence-corrected chi connectivity index (χ4v) is 2.91. The van der Waals surface area contributed by atoms with Crippen molar-refractivity contribution in [3.05, 3.63) is 29.6 Å². The number of nitrogen functional groups attached to an aromatic ring is 1. The van der Waals surface area contributed by atoms with Gasteiger partial charge in [-0.2, -0.15) is 28.1 Å². The lowest BCUT2D eigenvalue weighted by molar-refractivity contribution is -0.141. The highest BCUT2D eigenvalue weighted by Crippen LogP contribution is 2.41. The topological polar surface area (TPSA) is 78.7 Å². The van der Waals surface area contributed by atoms with Crippen molar-refractivity contribution in [2.45, 2.75) is 25.9 Å². The first kappa shape index (κ1) is 16.3. The van der Waals surface area contributed by atoms with Crippen molar-refractivity contribution >= 4 is 17.2 Å². The first-order valence-electron chi connectivity index (χ1n) is 7.36. The van der Waals surface area contributed by atoms with Crippen molar-refractivity contribution < 1.29 is 18.0 Å². The third kappa shape index (κ3) is 2.81. The summed E-state index contributed by atoms with van der Waals surface area (Å²) in [6, 6.07) is 1.51. The first-order valence-corrected chi connectivity index (χ1v) is 7.36. The Morgan fingerprint density at radius 3 is 2.54 bits per heavy atom. The number of nitrogens with zero attached hydrogens (tertiary/aromatic N) is 4. The molecule has 0 aliphatic heterocycles. The number of hydrogen-bond donors (Lipinski definition) is 1. The molecule has 2 heterocycles. The van der Waals surface area contributed by atoms with Gasteiger partial charge < -0.3 is 5.73 Å². The smallest absolute Gasteiger partial charge is 0.383 e. The van der Waals surface area contributed by atoms with Crippen molar-refractivity contribution in [3.63, 3.8) is 0 Å². The normalized spacial score (nSPS) is 18.8. The summed E-state index contributed by atoms with van der Waals surface area (Å²) in [5, 5.41) is 7.67. The minimum atomic E-state index is -4.69. The van der Waals surface area contributed by atoms with Gasteiger partial charge >= 0.3 is 6.18 Å². The Labute approximate surface area is 135 Å². The second-order valence-corrected chi connectivity index (χ2v) is 6.02. The molecule has 0 saturated carbocycles. The van der Waals surface area contributed by atoms with Gasteiger partial charge in [0, 0.05) is 25.7 Å². The van der Waals surface area contributed by atoms with Crippen molar-refractivity contribution in [3.8, 4) is 5.82 Å². The van der Waals surface area contributed by atoms with Crippen molar-refractivity contribution in [2.24, 2.45) is 13.0 Å². The van der Waals surface area contributed by atoms with Crippen LogP contribution >= 0.6 is 0 Å². The number of aromatic nitrogens is 4. The Morgan fingerprint density at radius 2 is 2.00 bits per heavy atom. The van der Waals surface area contributed by atoms with E-state index < -0.39 is 11.9 Å². The van der Waals surface area contributed by atoms with E-state index in [4.69, 9.17) is 5.73 Å². The molecule has 1 atom stereocenters. The highest BCUT2D eigenvalue weighted by molar-refractivity contribution is 6.00. The zero-order valence-corrected chi connectivity index (χ0v) is 13.1. The van der Waals surface area contributed by atoms with Gasteiger partial charge in [0.15, 0.2) is 17.3 Å². The zero-order valence-electron chi connectivity index (χ0n) is 13.1. The van der Waals surface area contributed by atoms with Crippen LogP contribution in [0.4, 0.5) is 19.0 Å². The summed E-state index contributed by atoms with van der Waals surface area (Å²) in [5.74, 6) is -0.241. The number of aryl methyl sites for hydroxylation is 1. The number of nitrogens with two attached hydrogens (primary N) is 1. The summed E-state index contributed by atoms with van der Waals surface area (Å²) < 4.78 is 42.7. The molecule has 6 nitrogen and oxygen atoms in total. The maximum atomic E-state index is 13.4. The summed E-state index contributed by atoms with van der Waals surface area (Å²) >= 11 is 0. The molecular formula is C15H16F3N5O. The van der Waals surface area contributed by atoms with Crippen LogP contribution in [0.1, 0.15) is 31.0 Å². The Balaban J connectivity index is 2.21. The standard InChI is InChI=1S/C15H16F3N5O/c1-8-5-9(7-10(24)6-8)12-13(15(16,17)18)21-23(14(12)19)11-3-4-22(2)20-11/h3-4,7-8H,5-6,19H2,1-2H3. The lowest BCUT2D eigenvalue weighted by Gasteiger charge is -2.19. The predicted molar refractivity (Wildman–Crippen MR) is 81.1 cm³/mol. The van der Waals surface area contributed by atoms with E-state index in [2.05, 4.69) is 10.2 Å². The second-order valence-electron chi connectivity index (χ2n) is 6.02. The predicted octanol–water partition coefficient (Wildman–Crippen LogP) is 2.59. The number of halogens is 3. The molecule has 0 aromatic carbocycles. The van der Waals surface area contributed by atoms with Gasteiger partial charge in [0.25, 0.3) is 0 Å². The monoisotopic (exact) mass is 339 g/mol. The van der Waals surface area contributed by atoms with E-state index >= 15 is 0 Å². The Morgan fingerprint density at radius 1 is 1.29 bits per heavy atom. The van der Waals surface area contributed by atoms with Crippen LogP contribution in [0.3, 0.4) is 0 Å². The average molecular weight is 339 g/mol. The van der Waals surface area contributed by atoms with Crippen LogP contribution in [0.5, 0.6) is 0 Å². The Kier molecular flexibility index (Phi) is 3.73. The largest absolute Gasteiger partial charge is 0.435 e. The van der Waals surface area contributed by atoms with Gasteiger partial charge in [-0.25, -0.2) is 0 Å². The van der Waals surface area contributed by atoms with Crippen LogP contribution < -0.4 is 5.73 Å². The summed E-state index contributed by atoms with van der Waals surface area (Å²) in [7, 11) is 1.64. The van der Waals surface area contributed by atoms with E-state index in [9.17, 15) is 18.0 Å². The van der Waals surface area contributed by atoms with Crippen molar-refractivity contribution in [1.82, 2.24) is 19.6 Å². The fourth-order valence-electron chi connectivity index (χ4n) is 2.91. The number of anilines is 1. The highest BCUT2D eigenvalue weighted by Gasteiger charge is 2.41. The SMILES string of the molecule is CC1CC(=O)C=C(c2c(C(F)(F)F)nn(-c3ccn(C)n3)c2N)C1. The van der Waals surface area contributed by atoms with Crippen molar-refractivity contribution in [2.75, 3.05) is 5.73 Å². The van der Waals surface area contributed by atoms with E-state index in [1.807, 2.05) is 6.92 Å². The van der Waals surface area contributed by atoms with Crippen LogP contribution in [0.15, 0.2) is 18.3 Å². The van der Waals surface area contributed by atoms with E-state index in [0.29, 0.717) is 12.8 Å². The number of alkyl halides is 3. The Bertz CT molecular complexity index is 831. The lowest BCUT2D eigenvalue weighted by atomic mass is 9.86. The molecule has 24 heavy (non-hydrogen) atoms. The summed E-state index contributed by atoms with van der Waals surface area (Å²) in [6.45, 7) is 1.82. The third-order valence-corrected chi connectivity index (χ3v) is 3.88. The molecule has 9 heteroatoms. The molecule has 0 fully saturated rings. The van der Waals surface area contributed by atoms with Gasteiger partial charge in [0.2, 0.25) is 0 Å². The van der Waals surface area contributed by atoms with Crippen LogP contribution in [-0.2, 0) is 18.0 Å². The molecule has 0 radical (unpaired) electrons. The number of carbonyl (C=O) groups is 1. The minimum absolute atomic E-state index is 0.0452. The maximum absolute atomic E-state index is 13.4. The van der Waals surface area contributed by atoms with Gasteiger partial charge in [-0.1, -0.05) is 6.92 Å².